The Balaban J connectivity index is 1.49. The Labute approximate surface area is 190 Å². The first-order valence-corrected chi connectivity index (χ1v) is 11.5. The van der Waals surface area contributed by atoms with E-state index in [9.17, 15) is 4.79 Å². The van der Waals surface area contributed by atoms with E-state index in [0.717, 1.165) is 31.0 Å². The van der Waals surface area contributed by atoms with Gasteiger partial charge in [-0.2, -0.15) is 12.6 Å². The molecule has 0 spiro atoms. The van der Waals surface area contributed by atoms with Crippen LogP contribution in [0.4, 0.5) is 5.69 Å². The quantitative estimate of drug-likeness (QED) is 0.441. The van der Waals surface area contributed by atoms with Crippen molar-refractivity contribution in [1.82, 2.24) is 9.88 Å². The monoisotopic (exact) mass is 435 g/mol. The van der Waals surface area contributed by atoms with Gasteiger partial charge >= 0.3 is 0 Å². The van der Waals surface area contributed by atoms with Gasteiger partial charge in [-0.15, -0.1) is 0 Å². The van der Waals surface area contributed by atoms with Crippen LogP contribution >= 0.6 is 12.6 Å². The molecular formula is C25H31N4OS+. The molecule has 1 aliphatic heterocycles. The van der Waals surface area contributed by atoms with Gasteiger partial charge in [0.1, 0.15) is 12.7 Å². The molecule has 1 aromatic heterocycles. The zero-order valence-electron chi connectivity index (χ0n) is 18.3. The summed E-state index contributed by atoms with van der Waals surface area (Å²) in [5.74, 6) is 0.952. The molecule has 31 heavy (non-hydrogen) atoms. The van der Waals surface area contributed by atoms with Crippen LogP contribution in [0.15, 0.2) is 61.1 Å². The molecule has 2 heterocycles. The molecule has 162 valence electrons. The first kappa shape index (κ1) is 21.7. The Kier molecular flexibility index (Phi) is 6.78. The number of aromatic amines is 1. The van der Waals surface area contributed by atoms with E-state index in [-0.39, 0.29) is 11.9 Å². The number of benzene rings is 2. The summed E-state index contributed by atoms with van der Waals surface area (Å²) in [4.78, 5) is 20.5. The number of anilines is 1. The second-order valence-electron chi connectivity index (χ2n) is 8.46. The van der Waals surface area contributed by atoms with Gasteiger partial charge in [-0.1, -0.05) is 47.5 Å². The van der Waals surface area contributed by atoms with E-state index in [1.54, 1.807) is 0 Å². The number of aryl methyl sites for hydroxylation is 2. The van der Waals surface area contributed by atoms with E-state index in [1.165, 1.54) is 22.4 Å². The molecule has 1 N–H and O–H groups in total. The molecular weight excluding hydrogens is 404 g/mol. The number of hydrogen-bond acceptors (Lipinski definition) is 3. The van der Waals surface area contributed by atoms with Crippen LogP contribution < -0.4 is 9.47 Å². The lowest BCUT2D eigenvalue weighted by atomic mass is 10.1. The molecule has 1 fully saturated rings. The summed E-state index contributed by atoms with van der Waals surface area (Å²) in [5.41, 5.74) is 5.90. The average molecular weight is 436 g/mol. The lowest BCUT2D eigenvalue weighted by Crippen LogP contribution is -2.57. The molecule has 2 aromatic carbocycles. The van der Waals surface area contributed by atoms with Crippen molar-refractivity contribution in [3.8, 4) is 0 Å². The minimum absolute atomic E-state index is 0.153. The Bertz CT molecular complexity index is 1010. The van der Waals surface area contributed by atoms with Crippen LogP contribution in [-0.2, 0) is 17.9 Å². The third-order valence-corrected chi connectivity index (χ3v) is 6.30. The summed E-state index contributed by atoms with van der Waals surface area (Å²) >= 11 is 4.49. The largest absolute Gasteiger partial charge is 0.310 e. The number of H-pyrrole nitrogens is 1. The van der Waals surface area contributed by atoms with Crippen LogP contribution in [0.5, 0.6) is 0 Å². The Hall–Kier alpha value is -2.57. The summed E-state index contributed by atoms with van der Waals surface area (Å²) in [7, 11) is 0. The van der Waals surface area contributed by atoms with Gasteiger partial charge in [0.2, 0.25) is 12.2 Å². The van der Waals surface area contributed by atoms with Crippen LogP contribution in [0.25, 0.3) is 0 Å². The third kappa shape index (κ3) is 5.20. The Morgan fingerprint density at radius 3 is 2.42 bits per heavy atom. The second-order valence-corrected chi connectivity index (χ2v) is 8.90. The first-order valence-electron chi connectivity index (χ1n) is 10.9. The highest BCUT2D eigenvalue weighted by atomic mass is 32.1. The predicted octanol–water partition coefficient (Wildman–Crippen LogP) is 3.50. The van der Waals surface area contributed by atoms with Crippen molar-refractivity contribution in [2.75, 3.05) is 23.7 Å². The normalized spacial score (nSPS) is 17.3. The Morgan fingerprint density at radius 1 is 1.06 bits per heavy atom. The van der Waals surface area contributed by atoms with E-state index < -0.39 is 0 Å². The topological polar surface area (TPSA) is 43.2 Å². The van der Waals surface area contributed by atoms with Crippen molar-refractivity contribution in [2.45, 2.75) is 39.4 Å². The zero-order chi connectivity index (χ0) is 21.8. The molecule has 0 radical (unpaired) electrons. The van der Waals surface area contributed by atoms with Gasteiger partial charge in [0.25, 0.3) is 0 Å². The fourth-order valence-electron chi connectivity index (χ4n) is 4.17. The molecule has 0 bridgehead atoms. The number of amides is 1. The number of nitrogens with one attached hydrogen (secondary N) is 1. The fraction of sp³-hybridized carbons (Fsp3) is 0.360. The molecule has 4 rings (SSSR count). The van der Waals surface area contributed by atoms with Gasteiger partial charge < -0.3 is 4.90 Å². The maximum atomic E-state index is 13.0. The third-order valence-electron chi connectivity index (χ3n) is 6.04. The highest BCUT2D eigenvalue weighted by Gasteiger charge is 2.33. The maximum absolute atomic E-state index is 13.0. The number of nitrogens with zero attached hydrogens (tertiary/aromatic N) is 3. The molecule has 1 saturated heterocycles. The predicted molar refractivity (Wildman–Crippen MR) is 127 cm³/mol. The lowest BCUT2D eigenvalue weighted by molar-refractivity contribution is -0.695. The van der Waals surface area contributed by atoms with Gasteiger partial charge in [-0.25, -0.2) is 9.55 Å². The summed E-state index contributed by atoms with van der Waals surface area (Å²) in [5, 5.41) is 0. The lowest BCUT2D eigenvalue weighted by Gasteiger charge is -2.40. The van der Waals surface area contributed by atoms with E-state index >= 15 is 0 Å². The molecule has 3 aromatic rings. The van der Waals surface area contributed by atoms with Crippen LogP contribution in [0.3, 0.4) is 0 Å². The molecule has 1 amide bonds. The molecule has 1 aliphatic rings. The van der Waals surface area contributed by atoms with Crippen molar-refractivity contribution in [2.24, 2.45) is 0 Å². The summed E-state index contributed by atoms with van der Waals surface area (Å²) in [6.07, 6.45) is 5.00. The number of aromatic nitrogens is 2. The number of piperazine rings is 1. The van der Waals surface area contributed by atoms with Gasteiger partial charge in [0.15, 0.2) is 5.69 Å². The average Bonchev–Trinajstić information content (AvgIpc) is 3.19. The van der Waals surface area contributed by atoms with Crippen LogP contribution in [-0.4, -0.2) is 40.7 Å². The summed E-state index contributed by atoms with van der Waals surface area (Å²) < 4.78 is 2.24. The SMILES string of the molecule is Cc1ccc(C[n+]2c[nH]cc2CN2CC(=O)N(c3ccc(C)cc3)CC2CCS)cc1. The van der Waals surface area contributed by atoms with E-state index in [2.05, 4.69) is 77.3 Å². The molecule has 5 nitrogen and oxygen atoms in total. The van der Waals surface area contributed by atoms with Crippen molar-refractivity contribution >= 4 is 24.2 Å². The van der Waals surface area contributed by atoms with Crippen LogP contribution in [0, 0.1) is 13.8 Å². The number of carbonyl (C=O) groups excluding carboxylic acids is 1. The van der Waals surface area contributed by atoms with Crippen LogP contribution in [0.2, 0.25) is 0 Å². The smallest absolute Gasteiger partial charge is 0.242 e. The first-order chi connectivity index (χ1) is 15.0. The van der Waals surface area contributed by atoms with Gasteiger partial charge in [0, 0.05) is 18.3 Å². The van der Waals surface area contributed by atoms with E-state index in [0.29, 0.717) is 13.1 Å². The van der Waals surface area contributed by atoms with Gasteiger partial charge in [-0.05, 0) is 43.7 Å². The highest BCUT2D eigenvalue weighted by molar-refractivity contribution is 7.80. The molecule has 1 unspecified atom stereocenters. The minimum Gasteiger partial charge on any atom is -0.310 e. The van der Waals surface area contributed by atoms with Crippen LogP contribution in [0.1, 0.15) is 28.8 Å². The summed E-state index contributed by atoms with van der Waals surface area (Å²) in [6, 6.07) is 17.1. The van der Waals surface area contributed by atoms with Crippen molar-refractivity contribution in [3.63, 3.8) is 0 Å². The number of hydrogen-bond donors (Lipinski definition) is 2. The number of imidazole rings is 1. The highest BCUT2D eigenvalue weighted by Crippen LogP contribution is 2.23. The molecule has 0 aliphatic carbocycles. The van der Waals surface area contributed by atoms with Crippen molar-refractivity contribution in [1.29, 1.82) is 0 Å². The number of carbonyl (C=O) groups is 1. The minimum atomic E-state index is 0.153. The second kappa shape index (κ2) is 9.71. The van der Waals surface area contributed by atoms with Crippen molar-refractivity contribution in [3.05, 3.63) is 83.4 Å². The fourth-order valence-corrected chi connectivity index (χ4v) is 4.47. The van der Waals surface area contributed by atoms with Crippen molar-refractivity contribution < 1.29 is 9.36 Å². The molecule has 1 atom stereocenters. The van der Waals surface area contributed by atoms with E-state index in [4.69, 9.17) is 0 Å². The van der Waals surface area contributed by atoms with Gasteiger partial charge in [-0.3, -0.25) is 9.69 Å². The number of thiol groups is 1. The Morgan fingerprint density at radius 2 is 1.74 bits per heavy atom. The maximum Gasteiger partial charge on any atom is 0.242 e. The zero-order valence-corrected chi connectivity index (χ0v) is 19.2. The molecule has 0 saturated carbocycles. The number of rotatable bonds is 7. The standard InChI is InChI=1S/C25H30N4OS/c1-19-3-7-21(8-4-19)14-28-18-26-13-24(28)15-27-17-25(30)29(16-23(27)11-12-31)22-9-5-20(2)6-10-22/h3-10,13,18,23,31H,11-12,14-17H2,1-2H3/p+1. The van der Waals surface area contributed by atoms with Gasteiger partial charge in [0.05, 0.1) is 13.1 Å². The molecule has 6 heteroatoms. The van der Waals surface area contributed by atoms with E-state index in [1.807, 2.05) is 29.6 Å². The summed E-state index contributed by atoms with van der Waals surface area (Å²) in [6.45, 7) is 6.84.